The Morgan fingerprint density at radius 1 is 1.04 bits per heavy atom. The van der Waals surface area contributed by atoms with Gasteiger partial charge in [0.25, 0.3) is 0 Å². The van der Waals surface area contributed by atoms with E-state index in [-0.39, 0.29) is 18.9 Å². The van der Waals surface area contributed by atoms with Gasteiger partial charge in [-0.1, -0.05) is 30.3 Å². The zero-order chi connectivity index (χ0) is 19.8. The number of carbonyl (C=O) groups excluding carboxylic acids is 1. The molecule has 28 heavy (non-hydrogen) atoms. The van der Waals surface area contributed by atoms with Crippen molar-refractivity contribution in [3.05, 3.63) is 59.5 Å². The molecule has 1 amide bonds. The molecule has 2 aromatic carbocycles. The molecule has 0 atom stereocenters. The molecule has 0 aromatic heterocycles. The predicted molar refractivity (Wildman–Crippen MR) is 108 cm³/mol. The topological polar surface area (TPSA) is 93.7 Å². The molecule has 1 aliphatic rings. The molecule has 0 aliphatic carbocycles. The van der Waals surface area contributed by atoms with E-state index >= 15 is 0 Å². The maximum Gasteiger partial charge on any atom is 0.233 e. The average Bonchev–Trinajstić information content (AvgIpc) is 2.92. The number of carbonyl (C=O) groups is 1. The highest BCUT2D eigenvalue weighted by molar-refractivity contribution is 7.92. The van der Waals surface area contributed by atoms with Crippen molar-refractivity contribution in [1.82, 2.24) is 4.72 Å². The van der Waals surface area contributed by atoms with E-state index in [4.69, 9.17) is 9.47 Å². The van der Waals surface area contributed by atoms with Crippen LogP contribution in [0.4, 0.5) is 5.69 Å². The number of hydrogen-bond donors (Lipinski definition) is 2. The normalized spacial score (nSPS) is 13.9. The lowest BCUT2D eigenvalue weighted by molar-refractivity contribution is -0.116. The van der Waals surface area contributed by atoms with E-state index in [0.29, 0.717) is 30.4 Å². The van der Waals surface area contributed by atoms with Crippen molar-refractivity contribution >= 4 is 27.7 Å². The highest BCUT2D eigenvalue weighted by Gasteiger charge is 2.12. The van der Waals surface area contributed by atoms with Crippen molar-refractivity contribution in [3.63, 3.8) is 0 Å². The second-order valence-electron chi connectivity index (χ2n) is 6.16. The van der Waals surface area contributed by atoms with Crippen LogP contribution in [0.25, 0.3) is 6.08 Å². The molecule has 1 aliphatic heterocycles. The van der Waals surface area contributed by atoms with Gasteiger partial charge in [-0.05, 0) is 23.8 Å². The van der Waals surface area contributed by atoms with E-state index < -0.39 is 10.0 Å². The lowest BCUT2D eigenvalue weighted by Crippen LogP contribution is -2.26. The Hall–Kier alpha value is -2.84. The van der Waals surface area contributed by atoms with Crippen LogP contribution in [0.1, 0.15) is 18.4 Å². The minimum Gasteiger partial charge on any atom is -0.490 e. The number of sulfonamides is 1. The molecule has 8 heteroatoms. The summed E-state index contributed by atoms with van der Waals surface area (Å²) in [6, 6.07) is 14.3. The standard InChI is InChI=1S/C20H22N2O5S/c23-20(22-17-7-8-18-19(15-17)27-13-4-12-26-18)9-11-21-28(24,25)14-10-16-5-2-1-3-6-16/h1-3,5-8,10,14-15,21H,4,9,11-13H2,(H,22,23). The molecule has 2 N–H and O–H groups in total. The molecule has 7 nitrogen and oxygen atoms in total. The molecule has 0 unspecified atom stereocenters. The summed E-state index contributed by atoms with van der Waals surface area (Å²) >= 11 is 0. The molecule has 0 saturated heterocycles. The summed E-state index contributed by atoms with van der Waals surface area (Å²) in [7, 11) is -3.61. The number of anilines is 1. The second kappa shape index (κ2) is 9.38. The van der Waals surface area contributed by atoms with Gasteiger partial charge >= 0.3 is 0 Å². The number of amides is 1. The SMILES string of the molecule is O=C(CCNS(=O)(=O)C=Cc1ccccc1)Nc1ccc2c(c1)OCCCO2. The summed E-state index contributed by atoms with van der Waals surface area (Å²) in [5.74, 6) is 0.930. The fourth-order valence-electron chi connectivity index (χ4n) is 2.55. The molecule has 148 valence electrons. The molecule has 0 fully saturated rings. The van der Waals surface area contributed by atoms with Crippen LogP contribution in [0.2, 0.25) is 0 Å². The highest BCUT2D eigenvalue weighted by Crippen LogP contribution is 2.32. The zero-order valence-corrected chi connectivity index (χ0v) is 16.1. The summed E-state index contributed by atoms with van der Waals surface area (Å²) in [5, 5.41) is 3.82. The Labute approximate surface area is 164 Å². The molecular weight excluding hydrogens is 380 g/mol. The number of ether oxygens (including phenoxy) is 2. The Balaban J connectivity index is 1.48. The van der Waals surface area contributed by atoms with E-state index in [1.165, 1.54) is 6.08 Å². The third-order valence-corrected chi connectivity index (χ3v) is 5.03. The molecular formula is C20H22N2O5S. The zero-order valence-electron chi connectivity index (χ0n) is 15.3. The number of benzene rings is 2. The first kappa shape index (κ1) is 19.9. The maximum atomic E-state index is 12.1. The van der Waals surface area contributed by atoms with Crippen LogP contribution in [-0.4, -0.2) is 34.1 Å². The third-order valence-electron chi connectivity index (χ3n) is 3.93. The smallest absolute Gasteiger partial charge is 0.233 e. The van der Waals surface area contributed by atoms with Gasteiger partial charge in [0.1, 0.15) is 0 Å². The van der Waals surface area contributed by atoms with Crippen LogP contribution in [0.5, 0.6) is 11.5 Å². The average molecular weight is 402 g/mol. The van der Waals surface area contributed by atoms with Crippen molar-refractivity contribution in [1.29, 1.82) is 0 Å². The van der Waals surface area contributed by atoms with Crippen LogP contribution >= 0.6 is 0 Å². The van der Waals surface area contributed by atoms with Crippen LogP contribution in [-0.2, 0) is 14.8 Å². The van der Waals surface area contributed by atoms with E-state index in [9.17, 15) is 13.2 Å². The van der Waals surface area contributed by atoms with Crippen LogP contribution in [0, 0.1) is 0 Å². The summed E-state index contributed by atoms with van der Waals surface area (Å²) in [5.41, 5.74) is 1.35. The van der Waals surface area contributed by atoms with Crippen LogP contribution < -0.4 is 19.5 Å². The van der Waals surface area contributed by atoms with Crippen LogP contribution in [0.3, 0.4) is 0 Å². The predicted octanol–water partition coefficient (Wildman–Crippen LogP) is 2.77. The van der Waals surface area contributed by atoms with Crippen molar-refractivity contribution in [2.24, 2.45) is 0 Å². The summed E-state index contributed by atoms with van der Waals surface area (Å²) in [6.07, 6.45) is 2.31. The first-order valence-electron chi connectivity index (χ1n) is 8.94. The number of nitrogens with one attached hydrogen (secondary N) is 2. The lowest BCUT2D eigenvalue weighted by Gasteiger charge is -2.10. The van der Waals surface area contributed by atoms with Gasteiger partial charge in [-0.25, -0.2) is 13.1 Å². The van der Waals surface area contributed by atoms with Crippen molar-refractivity contribution < 1.29 is 22.7 Å². The van der Waals surface area contributed by atoms with Gasteiger partial charge in [0.05, 0.1) is 13.2 Å². The first-order chi connectivity index (χ1) is 13.5. The monoisotopic (exact) mass is 402 g/mol. The molecule has 0 saturated carbocycles. The van der Waals surface area contributed by atoms with Crippen molar-refractivity contribution in [2.75, 3.05) is 25.1 Å². The summed E-state index contributed by atoms with van der Waals surface area (Å²) in [6.45, 7) is 1.15. The van der Waals surface area contributed by atoms with Crippen LogP contribution in [0.15, 0.2) is 53.9 Å². The van der Waals surface area contributed by atoms with Gasteiger partial charge in [0, 0.05) is 36.5 Å². The molecule has 1 heterocycles. The molecule has 3 rings (SSSR count). The second-order valence-corrected chi connectivity index (χ2v) is 7.81. The number of fused-ring (bicyclic) bond motifs is 1. The Morgan fingerprint density at radius 2 is 1.79 bits per heavy atom. The largest absolute Gasteiger partial charge is 0.490 e. The number of rotatable bonds is 7. The summed E-state index contributed by atoms with van der Waals surface area (Å²) in [4.78, 5) is 12.1. The number of hydrogen-bond acceptors (Lipinski definition) is 5. The summed E-state index contributed by atoms with van der Waals surface area (Å²) < 4.78 is 37.5. The molecule has 0 radical (unpaired) electrons. The molecule has 0 bridgehead atoms. The van der Waals surface area contributed by atoms with Gasteiger partial charge < -0.3 is 14.8 Å². The van der Waals surface area contributed by atoms with E-state index in [1.54, 1.807) is 30.3 Å². The lowest BCUT2D eigenvalue weighted by atomic mass is 10.2. The Bertz CT molecular complexity index is 942. The quantitative estimate of drug-likeness (QED) is 0.743. The Morgan fingerprint density at radius 3 is 2.57 bits per heavy atom. The van der Waals surface area contributed by atoms with Crippen molar-refractivity contribution in [3.8, 4) is 11.5 Å². The third kappa shape index (κ3) is 6.11. The molecule has 2 aromatic rings. The van der Waals surface area contributed by atoms with E-state index in [0.717, 1.165) is 17.4 Å². The highest BCUT2D eigenvalue weighted by atomic mass is 32.2. The molecule has 0 spiro atoms. The fraction of sp³-hybridized carbons (Fsp3) is 0.250. The maximum absolute atomic E-state index is 12.1. The minimum absolute atomic E-state index is 0.00213. The minimum atomic E-state index is -3.61. The van der Waals surface area contributed by atoms with E-state index in [2.05, 4.69) is 10.0 Å². The van der Waals surface area contributed by atoms with Gasteiger partial charge in [-0.15, -0.1) is 0 Å². The van der Waals surface area contributed by atoms with Crippen molar-refractivity contribution in [2.45, 2.75) is 12.8 Å². The Kier molecular flexibility index (Phi) is 6.67. The van der Waals surface area contributed by atoms with Gasteiger partial charge in [-0.2, -0.15) is 0 Å². The van der Waals surface area contributed by atoms with Gasteiger partial charge in [0.2, 0.25) is 15.9 Å². The first-order valence-corrected chi connectivity index (χ1v) is 10.5. The van der Waals surface area contributed by atoms with Gasteiger partial charge in [0.15, 0.2) is 11.5 Å². The fourth-order valence-corrected chi connectivity index (χ4v) is 3.37. The van der Waals surface area contributed by atoms with Gasteiger partial charge in [-0.3, -0.25) is 4.79 Å². The van der Waals surface area contributed by atoms with E-state index in [1.807, 2.05) is 18.2 Å².